The van der Waals surface area contributed by atoms with E-state index in [9.17, 15) is 4.79 Å². The van der Waals surface area contributed by atoms with Crippen molar-refractivity contribution in [3.8, 4) is 0 Å². The predicted octanol–water partition coefficient (Wildman–Crippen LogP) is -0.540. The van der Waals surface area contributed by atoms with Gasteiger partial charge in [0.15, 0.2) is 0 Å². The van der Waals surface area contributed by atoms with Crippen LogP contribution in [0, 0.1) is 5.92 Å². The van der Waals surface area contributed by atoms with Gasteiger partial charge >= 0.3 is 5.97 Å². The molecule has 0 radical (unpaired) electrons. The van der Waals surface area contributed by atoms with E-state index in [1.54, 1.807) is 0 Å². The van der Waals surface area contributed by atoms with Gasteiger partial charge in [0.1, 0.15) is 6.10 Å². The summed E-state index contributed by atoms with van der Waals surface area (Å²) in [6.07, 6.45) is 2.60. The number of piperidine rings is 3. The molecule has 2 bridgehead atoms. The zero-order valence-electron chi connectivity index (χ0n) is 7.45. The maximum atomic E-state index is 10.7. The van der Waals surface area contributed by atoms with Crippen molar-refractivity contribution >= 4 is 14.4 Å². The van der Waals surface area contributed by atoms with Crippen LogP contribution in [0.25, 0.3) is 0 Å². The molecule has 3 fully saturated rings. The minimum Gasteiger partial charge on any atom is -0.461 e. The van der Waals surface area contributed by atoms with Gasteiger partial charge in [-0.2, -0.15) is 0 Å². The molecule has 4 heteroatoms. The summed E-state index contributed by atoms with van der Waals surface area (Å²) in [6, 6.07) is 0. The zero-order valence-corrected chi connectivity index (χ0v) is 7.45. The van der Waals surface area contributed by atoms with Gasteiger partial charge in [-0.15, -0.1) is 0 Å². The summed E-state index contributed by atoms with van der Waals surface area (Å²) in [5, 5.41) is 0. The second-order valence-corrected chi connectivity index (χ2v) is 3.79. The Kier molecular flexibility index (Phi) is 3.36. The predicted molar refractivity (Wildman–Crippen MR) is 54.7 cm³/mol. The van der Waals surface area contributed by atoms with Gasteiger partial charge in [0.05, 0.1) is 8.41 Å². The summed E-state index contributed by atoms with van der Waals surface area (Å²) in [5.41, 5.74) is 0. The van der Waals surface area contributed by atoms with Crippen molar-refractivity contribution in [3.05, 3.63) is 0 Å². The fourth-order valence-corrected chi connectivity index (χ4v) is 2.26. The summed E-state index contributed by atoms with van der Waals surface area (Å²) in [6.45, 7) is 4.85. The quantitative estimate of drug-likeness (QED) is 0.404. The van der Waals surface area contributed by atoms with Crippen molar-refractivity contribution < 1.29 is 9.53 Å². The van der Waals surface area contributed by atoms with E-state index in [1.807, 2.05) is 0 Å². The van der Waals surface area contributed by atoms with Crippen LogP contribution in [0.3, 0.4) is 0 Å². The standard InChI is InChI=1S/C9H15NO2.BH3/c1-7(11)12-9-6-10-4-2-8(9)3-5-10;/h8-9H,2-6H2,1H3;1H3. The first-order valence-corrected chi connectivity index (χ1v) is 4.65. The van der Waals surface area contributed by atoms with Crippen LogP contribution in [0.15, 0.2) is 0 Å². The van der Waals surface area contributed by atoms with Crippen LogP contribution in [0.5, 0.6) is 0 Å². The molecule has 3 aliphatic heterocycles. The van der Waals surface area contributed by atoms with E-state index < -0.39 is 0 Å². The molecule has 0 saturated carbocycles. The molecule has 0 amide bonds. The van der Waals surface area contributed by atoms with Crippen molar-refractivity contribution in [2.75, 3.05) is 19.6 Å². The zero-order chi connectivity index (χ0) is 8.55. The minimum absolute atomic E-state index is 0. The van der Waals surface area contributed by atoms with Gasteiger partial charge in [-0.3, -0.25) is 9.69 Å². The van der Waals surface area contributed by atoms with Gasteiger partial charge in [-0.05, 0) is 31.8 Å². The average Bonchev–Trinajstić information content (AvgIpc) is 2.05. The smallest absolute Gasteiger partial charge is 0.302 e. The highest BCUT2D eigenvalue weighted by Crippen LogP contribution is 2.29. The molecule has 74 valence electrons. The summed E-state index contributed by atoms with van der Waals surface area (Å²) in [7, 11) is 0. The van der Waals surface area contributed by atoms with Crippen molar-refractivity contribution in [3.63, 3.8) is 0 Å². The molecule has 0 aromatic carbocycles. The lowest BCUT2D eigenvalue weighted by Gasteiger charge is -2.43. The van der Waals surface area contributed by atoms with Crippen LogP contribution < -0.4 is 0 Å². The third kappa shape index (κ3) is 2.24. The first-order valence-electron chi connectivity index (χ1n) is 4.65. The SMILES string of the molecule is B.CC(=O)OC1CN2CCC1CC2. The molecular weight excluding hydrogens is 165 g/mol. The fraction of sp³-hybridized carbons (Fsp3) is 0.889. The molecule has 0 aromatic heterocycles. The van der Waals surface area contributed by atoms with Crippen molar-refractivity contribution in [2.24, 2.45) is 5.92 Å². The molecule has 3 saturated heterocycles. The Bertz CT molecular complexity index is 190. The molecule has 1 atom stereocenters. The van der Waals surface area contributed by atoms with Gasteiger partial charge in [0.25, 0.3) is 0 Å². The van der Waals surface area contributed by atoms with Gasteiger partial charge in [-0.1, -0.05) is 0 Å². The second-order valence-electron chi connectivity index (χ2n) is 3.79. The molecule has 1 unspecified atom stereocenters. The number of carbonyl (C=O) groups excluding carboxylic acids is 1. The van der Waals surface area contributed by atoms with E-state index in [1.165, 1.54) is 32.9 Å². The summed E-state index contributed by atoms with van der Waals surface area (Å²) in [4.78, 5) is 13.1. The third-order valence-electron chi connectivity index (χ3n) is 2.91. The van der Waals surface area contributed by atoms with Gasteiger partial charge < -0.3 is 4.74 Å². The Labute approximate surface area is 81.0 Å². The van der Waals surface area contributed by atoms with Crippen molar-refractivity contribution in [1.29, 1.82) is 0 Å². The van der Waals surface area contributed by atoms with Crippen molar-refractivity contribution in [1.82, 2.24) is 4.90 Å². The molecule has 3 aliphatic rings. The first-order chi connectivity index (χ1) is 5.75. The number of hydrogen-bond donors (Lipinski definition) is 0. The Morgan fingerprint density at radius 3 is 2.38 bits per heavy atom. The summed E-state index contributed by atoms with van der Waals surface area (Å²) >= 11 is 0. The van der Waals surface area contributed by atoms with Gasteiger partial charge in [0, 0.05) is 13.5 Å². The van der Waals surface area contributed by atoms with Crippen LogP contribution in [0.4, 0.5) is 0 Å². The normalized spacial score (nSPS) is 36.5. The van der Waals surface area contributed by atoms with Crippen LogP contribution >= 0.6 is 0 Å². The van der Waals surface area contributed by atoms with E-state index in [-0.39, 0.29) is 20.5 Å². The number of hydrogen-bond acceptors (Lipinski definition) is 3. The minimum atomic E-state index is -0.131. The van der Waals surface area contributed by atoms with E-state index >= 15 is 0 Å². The van der Waals surface area contributed by atoms with Gasteiger partial charge in [-0.25, -0.2) is 0 Å². The number of nitrogens with zero attached hydrogens (tertiary/aromatic N) is 1. The van der Waals surface area contributed by atoms with Gasteiger partial charge in [0.2, 0.25) is 0 Å². The lowest BCUT2D eigenvalue weighted by Crippen LogP contribution is -2.51. The molecule has 0 aliphatic carbocycles. The van der Waals surface area contributed by atoms with Crippen LogP contribution in [-0.2, 0) is 9.53 Å². The number of rotatable bonds is 1. The number of esters is 1. The summed E-state index contributed by atoms with van der Waals surface area (Å²) < 4.78 is 5.24. The average molecular weight is 183 g/mol. The Morgan fingerprint density at radius 1 is 1.38 bits per heavy atom. The maximum absolute atomic E-state index is 10.7. The maximum Gasteiger partial charge on any atom is 0.302 e. The number of carbonyl (C=O) groups is 1. The lowest BCUT2D eigenvalue weighted by atomic mass is 9.86. The summed E-state index contributed by atoms with van der Waals surface area (Å²) in [5.74, 6) is 0.507. The molecular formula is C9H18BNO2. The monoisotopic (exact) mass is 183 g/mol. The first kappa shape index (κ1) is 10.6. The molecule has 0 N–H and O–H groups in total. The molecule has 13 heavy (non-hydrogen) atoms. The lowest BCUT2D eigenvalue weighted by molar-refractivity contribution is -0.156. The highest BCUT2D eigenvalue weighted by atomic mass is 16.5. The highest BCUT2D eigenvalue weighted by molar-refractivity contribution is 5.75. The Morgan fingerprint density at radius 2 is 2.00 bits per heavy atom. The van der Waals surface area contributed by atoms with E-state index in [4.69, 9.17) is 4.74 Å². The molecule has 0 spiro atoms. The largest absolute Gasteiger partial charge is 0.461 e. The topological polar surface area (TPSA) is 29.5 Å². The highest BCUT2D eigenvalue weighted by Gasteiger charge is 2.35. The number of fused-ring (bicyclic) bond motifs is 3. The Balaban J connectivity index is 0.000000845. The van der Waals surface area contributed by atoms with E-state index in [0.717, 1.165) is 6.54 Å². The molecule has 3 nitrogen and oxygen atoms in total. The second kappa shape index (κ2) is 4.14. The molecule has 3 heterocycles. The number of ether oxygens (including phenoxy) is 1. The van der Waals surface area contributed by atoms with Crippen LogP contribution in [0.2, 0.25) is 0 Å². The van der Waals surface area contributed by atoms with E-state index in [0.29, 0.717) is 5.92 Å². The molecule has 3 rings (SSSR count). The fourth-order valence-electron chi connectivity index (χ4n) is 2.26. The molecule has 0 aromatic rings. The van der Waals surface area contributed by atoms with Crippen LogP contribution in [0.1, 0.15) is 19.8 Å². The van der Waals surface area contributed by atoms with Crippen molar-refractivity contribution in [2.45, 2.75) is 25.9 Å². The Hall–Kier alpha value is -0.505. The third-order valence-corrected chi connectivity index (χ3v) is 2.91. The van der Waals surface area contributed by atoms with E-state index in [2.05, 4.69) is 4.90 Å². The van der Waals surface area contributed by atoms with Crippen LogP contribution in [-0.4, -0.2) is 45.0 Å².